The van der Waals surface area contributed by atoms with E-state index in [2.05, 4.69) is 71.8 Å². The Balaban J connectivity index is 1.85. The zero-order chi connectivity index (χ0) is 18.5. The molecule has 0 aliphatic heterocycles. The SMILES string of the molecule is Nc1ccc(/C(=C2\C=CC=CC2)c2ccccc2Cc2cccnc2)cc1. The second-order valence-electron chi connectivity index (χ2n) is 6.71. The van der Waals surface area contributed by atoms with Gasteiger partial charge in [0.05, 0.1) is 0 Å². The summed E-state index contributed by atoms with van der Waals surface area (Å²) in [5.74, 6) is 0. The Morgan fingerprint density at radius 1 is 0.926 bits per heavy atom. The van der Waals surface area contributed by atoms with Crippen LogP contribution in [0.25, 0.3) is 5.57 Å². The molecular formula is C25H22N2. The molecule has 3 aromatic rings. The summed E-state index contributed by atoms with van der Waals surface area (Å²) in [6.07, 6.45) is 14.2. The van der Waals surface area contributed by atoms with E-state index in [9.17, 15) is 0 Å². The highest BCUT2D eigenvalue weighted by Crippen LogP contribution is 2.33. The quantitative estimate of drug-likeness (QED) is 0.625. The van der Waals surface area contributed by atoms with E-state index in [0.717, 1.165) is 18.5 Å². The van der Waals surface area contributed by atoms with Crippen LogP contribution in [0.1, 0.15) is 28.7 Å². The van der Waals surface area contributed by atoms with Crippen LogP contribution in [0.5, 0.6) is 0 Å². The molecule has 0 unspecified atom stereocenters. The van der Waals surface area contributed by atoms with Crippen molar-refractivity contribution in [1.29, 1.82) is 0 Å². The molecule has 1 aromatic heterocycles. The fraction of sp³-hybridized carbons (Fsp3) is 0.0800. The average molecular weight is 350 g/mol. The van der Waals surface area contributed by atoms with Gasteiger partial charge in [-0.25, -0.2) is 0 Å². The number of pyridine rings is 1. The summed E-state index contributed by atoms with van der Waals surface area (Å²) in [6, 6.07) is 21.0. The van der Waals surface area contributed by atoms with Crippen LogP contribution >= 0.6 is 0 Å². The minimum Gasteiger partial charge on any atom is -0.399 e. The number of hydrogen-bond donors (Lipinski definition) is 1. The van der Waals surface area contributed by atoms with Crippen molar-refractivity contribution >= 4 is 11.3 Å². The number of rotatable bonds is 4. The molecule has 2 heteroatoms. The van der Waals surface area contributed by atoms with Gasteiger partial charge in [-0.3, -0.25) is 4.98 Å². The van der Waals surface area contributed by atoms with E-state index < -0.39 is 0 Å². The minimum atomic E-state index is 0.783. The predicted octanol–water partition coefficient (Wildman–Crippen LogP) is 5.57. The summed E-state index contributed by atoms with van der Waals surface area (Å²) in [5.41, 5.74) is 14.3. The van der Waals surface area contributed by atoms with E-state index in [1.54, 1.807) is 0 Å². The van der Waals surface area contributed by atoms with Gasteiger partial charge in [-0.05, 0) is 64.4 Å². The van der Waals surface area contributed by atoms with Gasteiger partial charge in [-0.1, -0.05) is 66.8 Å². The maximum absolute atomic E-state index is 5.93. The van der Waals surface area contributed by atoms with E-state index >= 15 is 0 Å². The minimum absolute atomic E-state index is 0.783. The Hall–Kier alpha value is -3.39. The number of nitrogen functional groups attached to an aromatic ring is 1. The number of benzene rings is 2. The first kappa shape index (κ1) is 17.0. The lowest BCUT2D eigenvalue weighted by atomic mass is 9.86. The largest absolute Gasteiger partial charge is 0.399 e. The normalized spacial score (nSPS) is 15.0. The zero-order valence-electron chi connectivity index (χ0n) is 15.2. The molecule has 0 spiro atoms. The number of nitrogens with two attached hydrogens (primary N) is 1. The highest BCUT2D eigenvalue weighted by molar-refractivity contribution is 5.86. The third-order valence-electron chi connectivity index (χ3n) is 4.81. The Labute approximate surface area is 160 Å². The monoisotopic (exact) mass is 350 g/mol. The van der Waals surface area contributed by atoms with Gasteiger partial charge in [0.2, 0.25) is 0 Å². The van der Waals surface area contributed by atoms with Gasteiger partial charge >= 0.3 is 0 Å². The third-order valence-corrected chi connectivity index (χ3v) is 4.81. The summed E-state index contributed by atoms with van der Waals surface area (Å²) in [6.45, 7) is 0. The molecule has 1 aliphatic carbocycles. The summed E-state index contributed by atoms with van der Waals surface area (Å²) in [7, 11) is 0. The Morgan fingerprint density at radius 3 is 2.52 bits per heavy atom. The lowest BCUT2D eigenvalue weighted by Gasteiger charge is -2.18. The van der Waals surface area contributed by atoms with Crippen molar-refractivity contribution in [3.63, 3.8) is 0 Å². The maximum atomic E-state index is 5.93. The van der Waals surface area contributed by atoms with E-state index in [1.807, 2.05) is 30.6 Å². The standard InChI is InChI=1S/C25H22N2/c26-23-14-12-21(13-15-23)25(20-8-2-1-3-9-20)24-11-5-4-10-22(24)17-19-7-6-16-27-18-19/h1-8,10-16,18H,9,17,26H2/b25-20-. The van der Waals surface area contributed by atoms with E-state index in [4.69, 9.17) is 5.73 Å². The fourth-order valence-corrected chi connectivity index (χ4v) is 3.50. The predicted molar refractivity (Wildman–Crippen MR) is 113 cm³/mol. The van der Waals surface area contributed by atoms with Gasteiger partial charge in [0.1, 0.15) is 0 Å². The third kappa shape index (κ3) is 3.90. The van der Waals surface area contributed by atoms with Crippen LogP contribution in [0.3, 0.4) is 0 Å². The Bertz CT molecular complexity index is 1010. The fourth-order valence-electron chi connectivity index (χ4n) is 3.50. The van der Waals surface area contributed by atoms with E-state index in [-0.39, 0.29) is 0 Å². The molecule has 0 amide bonds. The van der Waals surface area contributed by atoms with Crippen LogP contribution in [0.2, 0.25) is 0 Å². The molecule has 2 N–H and O–H groups in total. The highest BCUT2D eigenvalue weighted by Gasteiger charge is 2.14. The van der Waals surface area contributed by atoms with Crippen LogP contribution in [-0.2, 0) is 6.42 Å². The zero-order valence-corrected chi connectivity index (χ0v) is 15.2. The highest BCUT2D eigenvalue weighted by atomic mass is 14.6. The first-order valence-electron chi connectivity index (χ1n) is 9.21. The summed E-state index contributed by atoms with van der Waals surface area (Å²) in [5, 5.41) is 0. The Kier molecular flexibility index (Phi) is 4.97. The number of anilines is 1. The molecule has 0 radical (unpaired) electrons. The molecule has 2 nitrogen and oxygen atoms in total. The number of allylic oxidation sites excluding steroid dienone is 5. The molecule has 0 bridgehead atoms. The molecule has 1 aliphatic rings. The summed E-state index contributed by atoms with van der Waals surface area (Å²) in [4.78, 5) is 4.27. The van der Waals surface area contributed by atoms with Crippen molar-refractivity contribution < 1.29 is 0 Å². The van der Waals surface area contributed by atoms with Crippen LogP contribution < -0.4 is 5.73 Å². The van der Waals surface area contributed by atoms with Gasteiger partial charge in [0, 0.05) is 18.1 Å². The smallest absolute Gasteiger partial charge is 0.0314 e. The lowest BCUT2D eigenvalue weighted by molar-refractivity contribution is 1.13. The molecule has 27 heavy (non-hydrogen) atoms. The van der Waals surface area contributed by atoms with Crippen LogP contribution in [0.4, 0.5) is 5.69 Å². The second-order valence-corrected chi connectivity index (χ2v) is 6.71. The van der Waals surface area contributed by atoms with E-state index in [0.29, 0.717) is 0 Å². The molecule has 1 heterocycles. The average Bonchev–Trinajstić information content (AvgIpc) is 2.72. The molecular weight excluding hydrogens is 328 g/mol. The van der Waals surface area contributed by atoms with Crippen LogP contribution in [-0.4, -0.2) is 4.98 Å². The van der Waals surface area contributed by atoms with Crippen molar-refractivity contribution in [2.24, 2.45) is 0 Å². The molecule has 0 saturated heterocycles. The first-order chi connectivity index (χ1) is 13.3. The number of aromatic nitrogens is 1. The van der Waals surface area contributed by atoms with Crippen molar-refractivity contribution in [2.45, 2.75) is 12.8 Å². The molecule has 132 valence electrons. The number of hydrogen-bond acceptors (Lipinski definition) is 2. The van der Waals surface area contributed by atoms with Crippen LogP contribution in [0, 0.1) is 0 Å². The lowest BCUT2D eigenvalue weighted by Crippen LogP contribution is -2.00. The molecule has 0 atom stereocenters. The van der Waals surface area contributed by atoms with Gasteiger partial charge in [0.15, 0.2) is 0 Å². The van der Waals surface area contributed by atoms with Crippen molar-refractivity contribution in [3.8, 4) is 0 Å². The number of nitrogens with zero attached hydrogens (tertiary/aromatic N) is 1. The molecule has 0 fully saturated rings. The van der Waals surface area contributed by atoms with E-state index in [1.165, 1.54) is 33.4 Å². The van der Waals surface area contributed by atoms with Crippen molar-refractivity contribution in [3.05, 3.63) is 125 Å². The van der Waals surface area contributed by atoms with Gasteiger partial charge in [0.25, 0.3) is 0 Å². The summed E-state index contributed by atoms with van der Waals surface area (Å²) < 4.78 is 0. The van der Waals surface area contributed by atoms with Crippen molar-refractivity contribution in [1.82, 2.24) is 4.98 Å². The van der Waals surface area contributed by atoms with Gasteiger partial charge < -0.3 is 5.73 Å². The van der Waals surface area contributed by atoms with Gasteiger partial charge in [-0.15, -0.1) is 0 Å². The molecule has 2 aromatic carbocycles. The maximum Gasteiger partial charge on any atom is 0.0314 e. The topological polar surface area (TPSA) is 38.9 Å². The molecule has 0 saturated carbocycles. The molecule has 4 rings (SSSR count). The second kappa shape index (κ2) is 7.88. The Morgan fingerprint density at radius 2 is 1.78 bits per heavy atom. The van der Waals surface area contributed by atoms with Crippen molar-refractivity contribution in [2.75, 3.05) is 5.73 Å². The van der Waals surface area contributed by atoms with Crippen LogP contribution in [0.15, 0.2) is 103 Å². The summed E-state index contributed by atoms with van der Waals surface area (Å²) >= 11 is 0. The van der Waals surface area contributed by atoms with Gasteiger partial charge in [-0.2, -0.15) is 0 Å². The first-order valence-corrected chi connectivity index (χ1v) is 9.21.